The van der Waals surface area contributed by atoms with Gasteiger partial charge in [0.1, 0.15) is 4.60 Å². The third-order valence-corrected chi connectivity index (χ3v) is 4.14. The van der Waals surface area contributed by atoms with Crippen LogP contribution < -0.4 is 5.32 Å². The lowest BCUT2D eigenvalue weighted by molar-refractivity contribution is 0.326. The van der Waals surface area contributed by atoms with Gasteiger partial charge >= 0.3 is 0 Å². The maximum atomic E-state index is 4.42. The number of hydrogen-bond acceptors (Lipinski definition) is 3. The Hall–Kier alpha value is -0.610. The van der Waals surface area contributed by atoms with Crippen molar-refractivity contribution in [2.24, 2.45) is 0 Å². The van der Waals surface area contributed by atoms with Crippen molar-refractivity contribution >= 4 is 21.6 Å². The van der Waals surface area contributed by atoms with E-state index in [0.717, 1.165) is 16.3 Å². The quantitative estimate of drug-likeness (QED) is 0.869. The van der Waals surface area contributed by atoms with Crippen LogP contribution in [0.25, 0.3) is 0 Å². The molecule has 3 nitrogen and oxygen atoms in total. The van der Waals surface area contributed by atoms with Gasteiger partial charge in [0, 0.05) is 25.2 Å². The molecular formula is C13H18BrN3. The molecule has 17 heavy (non-hydrogen) atoms. The van der Waals surface area contributed by atoms with Crippen LogP contribution in [0, 0.1) is 6.92 Å². The van der Waals surface area contributed by atoms with Gasteiger partial charge in [0.05, 0.1) is 11.4 Å². The molecule has 1 saturated heterocycles. The summed E-state index contributed by atoms with van der Waals surface area (Å²) in [5.74, 6) is 0. The van der Waals surface area contributed by atoms with Crippen molar-refractivity contribution in [3.8, 4) is 0 Å². The second-order valence-electron chi connectivity index (χ2n) is 5.12. The fourth-order valence-corrected chi connectivity index (χ4v) is 2.98. The van der Waals surface area contributed by atoms with Crippen LogP contribution in [-0.4, -0.2) is 35.1 Å². The Labute approximate surface area is 111 Å². The highest BCUT2D eigenvalue weighted by Gasteiger charge is 2.34. The molecule has 2 fully saturated rings. The van der Waals surface area contributed by atoms with Gasteiger partial charge < -0.3 is 5.32 Å². The Morgan fingerprint density at radius 3 is 2.88 bits per heavy atom. The lowest BCUT2D eigenvalue weighted by Crippen LogP contribution is -2.28. The number of pyridine rings is 1. The first kappa shape index (κ1) is 11.5. The smallest absolute Gasteiger partial charge is 0.106 e. The van der Waals surface area contributed by atoms with E-state index in [-0.39, 0.29) is 0 Å². The molecule has 1 aliphatic carbocycles. The van der Waals surface area contributed by atoms with Crippen molar-refractivity contribution in [3.63, 3.8) is 0 Å². The molecule has 0 aromatic carbocycles. The van der Waals surface area contributed by atoms with Gasteiger partial charge in [0.25, 0.3) is 0 Å². The summed E-state index contributed by atoms with van der Waals surface area (Å²) in [7, 11) is 0. The number of aromatic nitrogens is 1. The normalized spacial score (nSPS) is 25.2. The second-order valence-corrected chi connectivity index (χ2v) is 5.94. The molecule has 0 radical (unpaired) electrons. The summed E-state index contributed by atoms with van der Waals surface area (Å²) >= 11 is 3.40. The maximum Gasteiger partial charge on any atom is 0.106 e. The molecule has 3 rings (SSSR count). The van der Waals surface area contributed by atoms with E-state index >= 15 is 0 Å². The summed E-state index contributed by atoms with van der Waals surface area (Å²) < 4.78 is 0.909. The van der Waals surface area contributed by atoms with Gasteiger partial charge in [-0.15, -0.1) is 0 Å². The van der Waals surface area contributed by atoms with Crippen LogP contribution in [0.5, 0.6) is 0 Å². The van der Waals surface area contributed by atoms with E-state index in [2.05, 4.69) is 44.1 Å². The Kier molecular flexibility index (Phi) is 3.09. The van der Waals surface area contributed by atoms with E-state index in [9.17, 15) is 0 Å². The van der Waals surface area contributed by atoms with E-state index in [1.807, 2.05) is 6.07 Å². The van der Waals surface area contributed by atoms with Crippen LogP contribution in [0.3, 0.4) is 0 Å². The van der Waals surface area contributed by atoms with Gasteiger partial charge in [-0.2, -0.15) is 0 Å². The van der Waals surface area contributed by atoms with Crippen molar-refractivity contribution < 1.29 is 0 Å². The predicted molar refractivity (Wildman–Crippen MR) is 73.3 cm³/mol. The minimum Gasteiger partial charge on any atom is -0.380 e. The number of rotatable bonds is 3. The van der Waals surface area contributed by atoms with Crippen LogP contribution in [0.4, 0.5) is 5.69 Å². The highest BCUT2D eigenvalue weighted by atomic mass is 79.9. The second kappa shape index (κ2) is 4.58. The van der Waals surface area contributed by atoms with Crippen molar-refractivity contribution in [1.29, 1.82) is 0 Å². The van der Waals surface area contributed by atoms with Gasteiger partial charge in [-0.1, -0.05) is 0 Å². The molecule has 92 valence electrons. The summed E-state index contributed by atoms with van der Waals surface area (Å²) in [6.45, 7) is 4.51. The topological polar surface area (TPSA) is 28.2 Å². The SMILES string of the molecule is Cc1nc(Br)ccc1NC1CCN(C2CC2)C1. The molecule has 2 aliphatic rings. The molecular weight excluding hydrogens is 278 g/mol. The molecule has 0 bridgehead atoms. The molecule has 1 saturated carbocycles. The Balaban J connectivity index is 1.63. The van der Waals surface area contributed by atoms with Gasteiger partial charge in [-0.05, 0) is 54.2 Å². The van der Waals surface area contributed by atoms with Gasteiger partial charge in [0.2, 0.25) is 0 Å². The average molecular weight is 296 g/mol. The summed E-state index contributed by atoms with van der Waals surface area (Å²) in [5.41, 5.74) is 2.25. The fraction of sp³-hybridized carbons (Fsp3) is 0.615. The molecule has 1 N–H and O–H groups in total. The molecule has 0 amide bonds. The zero-order valence-electron chi connectivity index (χ0n) is 10.1. The van der Waals surface area contributed by atoms with E-state index in [1.54, 1.807) is 0 Å². The van der Waals surface area contributed by atoms with Crippen molar-refractivity contribution in [2.45, 2.75) is 38.3 Å². The molecule has 1 aliphatic heterocycles. The van der Waals surface area contributed by atoms with Crippen molar-refractivity contribution in [2.75, 3.05) is 18.4 Å². The van der Waals surface area contributed by atoms with E-state index in [1.165, 1.54) is 38.0 Å². The minimum absolute atomic E-state index is 0.595. The monoisotopic (exact) mass is 295 g/mol. The van der Waals surface area contributed by atoms with Crippen molar-refractivity contribution in [3.05, 3.63) is 22.4 Å². The Morgan fingerprint density at radius 1 is 1.35 bits per heavy atom. The van der Waals surface area contributed by atoms with Crippen molar-refractivity contribution in [1.82, 2.24) is 9.88 Å². The van der Waals surface area contributed by atoms with Gasteiger partial charge in [0.15, 0.2) is 0 Å². The number of nitrogens with one attached hydrogen (secondary N) is 1. The third-order valence-electron chi connectivity index (χ3n) is 3.69. The summed E-state index contributed by atoms with van der Waals surface area (Å²) in [5, 5.41) is 3.62. The molecule has 1 unspecified atom stereocenters. The van der Waals surface area contributed by atoms with Gasteiger partial charge in [-0.25, -0.2) is 4.98 Å². The Bertz CT molecular complexity index is 417. The highest BCUT2D eigenvalue weighted by Crippen LogP contribution is 2.30. The molecule has 2 heterocycles. The first-order valence-electron chi connectivity index (χ1n) is 6.36. The zero-order valence-corrected chi connectivity index (χ0v) is 11.7. The maximum absolute atomic E-state index is 4.42. The largest absolute Gasteiger partial charge is 0.380 e. The van der Waals surface area contributed by atoms with Crippen LogP contribution >= 0.6 is 15.9 Å². The first-order valence-corrected chi connectivity index (χ1v) is 7.15. The summed E-state index contributed by atoms with van der Waals surface area (Å²) in [6, 6.07) is 5.61. The highest BCUT2D eigenvalue weighted by molar-refractivity contribution is 9.10. The zero-order chi connectivity index (χ0) is 11.8. The average Bonchev–Trinajstić information content (AvgIpc) is 3.04. The number of nitrogens with zero attached hydrogens (tertiary/aromatic N) is 2. The molecule has 4 heteroatoms. The molecule has 1 aromatic heterocycles. The van der Waals surface area contributed by atoms with E-state index in [4.69, 9.17) is 0 Å². The molecule has 1 aromatic rings. The molecule has 0 spiro atoms. The summed E-state index contributed by atoms with van der Waals surface area (Å²) in [4.78, 5) is 7.05. The third kappa shape index (κ3) is 2.63. The van der Waals surface area contributed by atoms with Crippen LogP contribution in [0.1, 0.15) is 25.0 Å². The van der Waals surface area contributed by atoms with Gasteiger partial charge in [-0.3, -0.25) is 4.90 Å². The first-order chi connectivity index (χ1) is 8.22. The Morgan fingerprint density at radius 2 is 2.18 bits per heavy atom. The predicted octanol–water partition coefficient (Wildman–Crippen LogP) is 2.80. The summed E-state index contributed by atoms with van der Waals surface area (Å²) in [6.07, 6.45) is 4.07. The van der Waals surface area contributed by atoms with E-state index < -0.39 is 0 Å². The van der Waals surface area contributed by atoms with E-state index in [0.29, 0.717) is 6.04 Å². The van der Waals surface area contributed by atoms with Crippen LogP contribution in [0.2, 0.25) is 0 Å². The minimum atomic E-state index is 0.595. The number of aryl methyl sites for hydroxylation is 1. The van der Waals surface area contributed by atoms with Crippen LogP contribution in [0.15, 0.2) is 16.7 Å². The standard InChI is InChI=1S/C13H18BrN3/c1-9-12(4-5-13(14)15-9)16-10-6-7-17(8-10)11-2-3-11/h4-5,10-11,16H,2-3,6-8H2,1H3. The lowest BCUT2D eigenvalue weighted by atomic mass is 10.2. The van der Waals surface area contributed by atoms with Crippen LogP contribution in [-0.2, 0) is 0 Å². The number of halogens is 1. The fourth-order valence-electron chi connectivity index (χ4n) is 2.58. The molecule has 1 atom stereocenters. The number of anilines is 1. The lowest BCUT2D eigenvalue weighted by Gasteiger charge is -2.17. The number of hydrogen-bond donors (Lipinski definition) is 1. The number of likely N-dealkylation sites (tertiary alicyclic amines) is 1.